The van der Waals surface area contributed by atoms with Gasteiger partial charge in [0.1, 0.15) is 5.58 Å². The van der Waals surface area contributed by atoms with Gasteiger partial charge in [-0.05, 0) is 35.7 Å². The Morgan fingerprint density at radius 2 is 1.45 bits per heavy atom. The molecule has 7 heteroatoms. The van der Waals surface area contributed by atoms with Gasteiger partial charge in [-0.2, -0.15) is 13.2 Å². The fourth-order valence-corrected chi connectivity index (χ4v) is 4.20. The largest absolute Gasteiger partial charge is 0.422 e. The van der Waals surface area contributed by atoms with Gasteiger partial charge in [-0.25, -0.2) is 4.79 Å². The standard InChI is InChI=1S/C24H19F3N2O2/c25-24(26,27)17-6-8-18(9-7-17)28-11-13-29(14-12-28)21-15-22(30)31-23-19-4-2-1-3-16(19)5-10-20(21)23/h1-10,15H,11-14H2. The second-order valence-electron chi connectivity index (χ2n) is 7.63. The van der Waals surface area contributed by atoms with Crippen LogP contribution < -0.4 is 15.4 Å². The maximum absolute atomic E-state index is 12.8. The smallest absolute Gasteiger partial charge is 0.416 e. The average molecular weight is 424 g/mol. The Morgan fingerprint density at radius 3 is 2.16 bits per heavy atom. The predicted molar refractivity (Wildman–Crippen MR) is 116 cm³/mol. The number of fused-ring (bicyclic) bond motifs is 3. The highest BCUT2D eigenvalue weighted by Crippen LogP contribution is 2.33. The maximum Gasteiger partial charge on any atom is 0.416 e. The van der Waals surface area contributed by atoms with Gasteiger partial charge in [0, 0.05) is 48.7 Å². The summed E-state index contributed by atoms with van der Waals surface area (Å²) in [5, 5.41) is 2.77. The minimum atomic E-state index is -4.34. The van der Waals surface area contributed by atoms with E-state index in [9.17, 15) is 18.0 Å². The average Bonchev–Trinajstić information content (AvgIpc) is 2.78. The summed E-state index contributed by atoms with van der Waals surface area (Å²) in [4.78, 5) is 16.5. The van der Waals surface area contributed by atoms with Gasteiger partial charge in [-0.3, -0.25) is 0 Å². The van der Waals surface area contributed by atoms with Crippen molar-refractivity contribution in [1.29, 1.82) is 0 Å². The molecule has 0 aliphatic carbocycles. The van der Waals surface area contributed by atoms with Gasteiger partial charge in [0.2, 0.25) is 0 Å². The number of hydrogen-bond donors (Lipinski definition) is 0. The fraction of sp³-hybridized carbons (Fsp3) is 0.208. The summed E-state index contributed by atoms with van der Waals surface area (Å²) in [5.41, 5.74) is 1.11. The molecule has 1 aromatic heterocycles. The fourth-order valence-electron chi connectivity index (χ4n) is 4.20. The van der Waals surface area contributed by atoms with E-state index in [0.29, 0.717) is 31.8 Å². The normalized spacial score (nSPS) is 15.1. The summed E-state index contributed by atoms with van der Waals surface area (Å²) in [5.74, 6) is 0. The Bertz CT molecular complexity index is 1300. The number of nitrogens with zero attached hydrogens (tertiary/aromatic N) is 2. The number of alkyl halides is 3. The van der Waals surface area contributed by atoms with Crippen LogP contribution in [0.2, 0.25) is 0 Å². The molecule has 0 radical (unpaired) electrons. The molecule has 4 aromatic rings. The Hall–Kier alpha value is -3.48. The summed E-state index contributed by atoms with van der Waals surface area (Å²) >= 11 is 0. The van der Waals surface area contributed by atoms with Crippen LogP contribution in [-0.2, 0) is 6.18 Å². The van der Waals surface area contributed by atoms with Gasteiger partial charge in [0.15, 0.2) is 0 Å². The lowest BCUT2D eigenvalue weighted by Gasteiger charge is -2.37. The molecule has 2 heterocycles. The first-order chi connectivity index (χ1) is 14.9. The molecule has 0 amide bonds. The lowest BCUT2D eigenvalue weighted by molar-refractivity contribution is -0.137. The summed E-state index contributed by atoms with van der Waals surface area (Å²) in [6.07, 6.45) is -4.34. The quantitative estimate of drug-likeness (QED) is 0.324. The monoisotopic (exact) mass is 424 g/mol. The Balaban J connectivity index is 1.42. The third kappa shape index (κ3) is 3.60. The highest BCUT2D eigenvalue weighted by molar-refractivity contribution is 6.08. The topological polar surface area (TPSA) is 36.7 Å². The van der Waals surface area contributed by atoms with Crippen LogP contribution in [0.15, 0.2) is 75.9 Å². The van der Waals surface area contributed by atoms with Crippen molar-refractivity contribution in [3.05, 3.63) is 82.7 Å². The molecule has 1 saturated heterocycles. The molecule has 0 saturated carbocycles. The van der Waals surface area contributed by atoms with Gasteiger partial charge in [0.25, 0.3) is 0 Å². The molecule has 0 unspecified atom stereocenters. The van der Waals surface area contributed by atoms with Crippen molar-refractivity contribution in [3.63, 3.8) is 0 Å². The molecule has 1 aliphatic heterocycles. The van der Waals surface area contributed by atoms with Crippen LogP contribution in [-0.4, -0.2) is 26.2 Å². The second kappa shape index (κ2) is 7.34. The molecule has 0 N–H and O–H groups in total. The third-order valence-corrected chi connectivity index (χ3v) is 5.79. The lowest BCUT2D eigenvalue weighted by atomic mass is 10.1. The van der Waals surface area contributed by atoms with Gasteiger partial charge in [-0.1, -0.05) is 30.3 Å². The molecule has 3 aromatic carbocycles. The van der Waals surface area contributed by atoms with Gasteiger partial charge in [0.05, 0.1) is 11.3 Å². The molecule has 1 aliphatic rings. The molecular formula is C24H19F3N2O2. The lowest BCUT2D eigenvalue weighted by Crippen LogP contribution is -2.46. The third-order valence-electron chi connectivity index (χ3n) is 5.79. The van der Waals surface area contributed by atoms with E-state index in [1.54, 1.807) is 0 Å². The van der Waals surface area contributed by atoms with Crippen LogP contribution in [0.25, 0.3) is 21.7 Å². The van der Waals surface area contributed by atoms with Crippen LogP contribution >= 0.6 is 0 Å². The van der Waals surface area contributed by atoms with Crippen molar-refractivity contribution in [3.8, 4) is 0 Å². The van der Waals surface area contributed by atoms with E-state index in [2.05, 4.69) is 9.80 Å². The molecular weight excluding hydrogens is 405 g/mol. The first-order valence-corrected chi connectivity index (χ1v) is 10.0. The van der Waals surface area contributed by atoms with E-state index in [4.69, 9.17) is 4.42 Å². The first-order valence-electron chi connectivity index (χ1n) is 10.0. The predicted octanol–water partition coefficient (Wildman–Crippen LogP) is 5.29. The Kier molecular flexibility index (Phi) is 4.61. The number of rotatable bonds is 2. The zero-order valence-electron chi connectivity index (χ0n) is 16.5. The molecule has 0 bridgehead atoms. The summed E-state index contributed by atoms with van der Waals surface area (Å²) in [7, 11) is 0. The number of piperazine rings is 1. The minimum Gasteiger partial charge on any atom is -0.422 e. The number of benzene rings is 3. The van der Waals surface area contributed by atoms with Gasteiger partial charge in [-0.15, -0.1) is 0 Å². The Morgan fingerprint density at radius 1 is 0.774 bits per heavy atom. The highest BCUT2D eigenvalue weighted by atomic mass is 19.4. The highest BCUT2D eigenvalue weighted by Gasteiger charge is 2.30. The first kappa shape index (κ1) is 19.5. The molecule has 4 nitrogen and oxygen atoms in total. The van der Waals surface area contributed by atoms with E-state index in [-0.39, 0.29) is 0 Å². The van der Waals surface area contributed by atoms with Crippen LogP contribution in [0.4, 0.5) is 24.5 Å². The van der Waals surface area contributed by atoms with Crippen molar-refractivity contribution < 1.29 is 17.6 Å². The van der Waals surface area contributed by atoms with Gasteiger partial charge < -0.3 is 14.2 Å². The zero-order valence-corrected chi connectivity index (χ0v) is 16.5. The van der Waals surface area contributed by atoms with Crippen molar-refractivity contribution in [2.75, 3.05) is 36.0 Å². The van der Waals surface area contributed by atoms with E-state index in [1.165, 1.54) is 18.2 Å². The second-order valence-corrected chi connectivity index (χ2v) is 7.63. The molecule has 0 spiro atoms. The van der Waals surface area contributed by atoms with Crippen molar-refractivity contribution in [2.24, 2.45) is 0 Å². The summed E-state index contributed by atoms with van der Waals surface area (Å²) in [6.45, 7) is 2.57. The molecule has 1 fully saturated rings. The SMILES string of the molecule is O=c1cc(N2CCN(c3ccc(C(F)(F)F)cc3)CC2)c2ccc3ccccc3c2o1. The van der Waals surface area contributed by atoms with Crippen LogP contribution in [0.3, 0.4) is 0 Å². The molecule has 0 atom stereocenters. The molecule has 158 valence electrons. The maximum atomic E-state index is 12.8. The van der Waals surface area contributed by atoms with E-state index < -0.39 is 17.4 Å². The summed E-state index contributed by atoms with van der Waals surface area (Å²) in [6, 6.07) is 18.5. The zero-order chi connectivity index (χ0) is 21.6. The number of halogens is 3. The molecule has 5 rings (SSSR count). The van der Waals surface area contributed by atoms with Crippen molar-refractivity contribution >= 4 is 33.1 Å². The van der Waals surface area contributed by atoms with Crippen molar-refractivity contribution in [2.45, 2.75) is 6.18 Å². The van der Waals surface area contributed by atoms with E-state index >= 15 is 0 Å². The van der Waals surface area contributed by atoms with Crippen molar-refractivity contribution in [1.82, 2.24) is 0 Å². The number of hydrogen-bond acceptors (Lipinski definition) is 4. The summed E-state index contributed by atoms with van der Waals surface area (Å²) < 4.78 is 44.0. The van der Waals surface area contributed by atoms with Gasteiger partial charge >= 0.3 is 11.8 Å². The minimum absolute atomic E-state index is 0.399. The Labute approximate surface area is 176 Å². The van der Waals surface area contributed by atoms with Crippen LogP contribution in [0.1, 0.15) is 5.56 Å². The van der Waals surface area contributed by atoms with E-state index in [0.717, 1.165) is 39.7 Å². The van der Waals surface area contributed by atoms with E-state index in [1.807, 2.05) is 36.4 Å². The van der Waals surface area contributed by atoms with Crippen LogP contribution in [0.5, 0.6) is 0 Å². The molecule has 31 heavy (non-hydrogen) atoms. The van der Waals surface area contributed by atoms with Crippen LogP contribution in [0, 0.1) is 0 Å². The number of anilines is 2.